The highest BCUT2D eigenvalue weighted by Crippen LogP contribution is 2.40. The topological polar surface area (TPSA) is 64.3 Å². The van der Waals surface area contributed by atoms with Crippen molar-refractivity contribution in [3.8, 4) is 5.75 Å². The summed E-state index contributed by atoms with van der Waals surface area (Å²) in [5.41, 5.74) is 6.34. The van der Waals surface area contributed by atoms with E-state index in [2.05, 4.69) is 28.7 Å². The number of piperidine rings is 1. The van der Waals surface area contributed by atoms with E-state index in [-0.39, 0.29) is 0 Å². The van der Waals surface area contributed by atoms with E-state index >= 15 is 0 Å². The first-order valence-electron chi connectivity index (χ1n) is 7.05. The zero-order valence-electron chi connectivity index (χ0n) is 12.1. The standard InChI is InChI=1S/C14H24N4O/c1-4-14(5-2)6-8-18(9-7-14)13-11(19-3)12(15)16-10-17-13/h10H,4-9H2,1-3H3,(H2,15,16,17). The summed E-state index contributed by atoms with van der Waals surface area (Å²) in [6.07, 6.45) is 6.41. The minimum Gasteiger partial charge on any atom is -0.490 e. The van der Waals surface area contributed by atoms with Crippen LogP contribution in [0.2, 0.25) is 0 Å². The van der Waals surface area contributed by atoms with Crippen LogP contribution in [0.25, 0.3) is 0 Å². The number of nitrogens with two attached hydrogens (primary N) is 1. The van der Waals surface area contributed by atoms with Crippen molar-refractivity contribution in [3.05, 3.63) is 6.33 Å². The van der Waals surface area contributed by atoms with Crippen LogP contribution >= 0.6 is 0 Å². The lowest BCUT2D eigenvalue weighted by atomic mass is 9.74. The van der Waals surface area contributed by atoms with Crippen molar-refractivity contribution in [3.63, 3.8) is 0 Å². The van der Waals surface area contributed by atoms with Crippen LogP contribution in [-0.4, -0.2) is 30.2 Å². The second-order valence-corrected chi connectivity index (χ2v) is 5.31. The lowest BCUT2D eigenvalue weighted by Gasteiger charge is -2.41. The molecule has 2 rings (SSSR count). The summed E-state index contributed by atoms with van der Waals surface area (Å²) >= 11 is 0. The second kappa shape index (κ2) is 5.63. The van der Waals surface area contributed by atoms with Crippen molar-refractivity contribution in [2.75, 3.05) is 30.8 Å². The SMILES string of the molecule is CCC1(CC)CCN(c2ncnc(N)c2OC)CC1. The van der Waals surface area contributed by atoms with Crippen molar-refractivity contribution < 1.29 is 4.74 Å². The number of rotatable bonds is 4. The zero-order valence-corrected chi connectivity index (χ0v) is 12.1. The van der Waals surface area contributed by atoms with E-state index in [0.717, 1.165) is 18.9 Å². The normalized spacial score (nSPS) is 18.4. The van der Waals surface area contributed by atoms with E-state index in [1.54, 1.807) is 7.11 Å². The van der Waals surface area contributed by atoms with E-state index in [1.807, 2.05) is 0 Å². The third kappa shape index (κ3) is 2.60. The molecule has 0 radical (unpaired) electrons. The van der Waals surface area contributed by atoms with Crippen LogP contribution in [0.4, 0.5) is 11.6 Å². The first kappa shape index (κ1) is 13.9. The molecule has 1 saturated heterocycles. The summed E-state index contributed by atoms with van der Waals surface area (Å²) in [5, 5.41) is 0. The van der Waals surface area contributed by atoms with Crippen LogP contribution in [-0.2, 0) is 0 Å². The maximum Gasteiger partial charge on any atom is 0.204 e. The summed E-state index contributed by atoms with van der Waals surface area (Å²) in [5.74, 6) is 1.84. The summed E-state index contributed by atoms with van der Waals surface area (Å²) in [6.45, 7) is 6.60. The minimum atomic E-state index is 0.412. The molecule has 1 aliphatic heterocycles. The zero-order chi connectivity index (χ0) is 13.9. The van der Waals surface area contributed by atoms with Gasteiger partial charge >= 0.3 is 0 Å². The second-order valence-electron chi connectivity index (χ2n) is 5.31. The Morgan fingerprint density at radius 3 is 2.42 bits per heavy atom. The number of nitrogens with zero attached hydrogens (tertiary/aromatic N) is 3. The molecule has 106 valence electrons. The molecule has 0 unspecified atom stereocenters. The molecular weight excluding hydrogens is 240 g/mol. The van der Waals surface area contributed by atoms with Gasteiger partial charge in [0.05, 0.1) is 7.11 Å². The number of aromatic nitrogens is 2. The van der Waals surface area contributed by atoms with Gasteiger partial charge in [-0.2, -0.15) is 0 Å². The van der Waals surface area contributed by atoms with Crippen LogP contribution in [0, 0.1) is 5.41 Å². The van der Waals surface area contributed by atoms with E-state index in [9.17, 15) is 0 Å². The fourth-order valence-electron chi connectivity index (χ4n) is 2.95. The van der Waals surface area contributed by atoms with Crippen molar-refractivity contribution in [2.45, 2.75) is 39.5 Å². The fourth-order valence-corrected chi connectivity index (χ4v) is 2.95. The number of nitrogen functional groups attached to an aromatic ring is 1. The molecule has 19 heavy (non-hydrogen) atoms. The number of methoxy groups -OCH3 is 1. The maximum absolute atomic E-state index is 5.84. The van der Waals surface area contributed by atoms with E-state index in [1.165, 1.54) is 32.0 Å². The summed E-state index contributed by atoms with van der Waals surface area (Å²) in [7, 11) is 1.62. The van der Waals surface area contributed by atoms with Crippen molar-refractivity contribution in [2.24, 2.45) is 5.41 Å². The van der Waals surface area contributed by atoms with Gasteiger partial charge in [0.15, 0.2) is 11.6 Å². The Kier molecular flexibility index (Phi) is 4.12. The largest absolute Gasteiger partial charge is 0.490 e. The molecule has 1 aromatic rings. The molecular formula is C14H24N4O. The highest BCUT2D eigenvalue weighted by atomic mass is 16.5. The molecule has 5 heteroatoms. The average Bonchev–Trinajstić information content (AvgIpc) is 2.47. The molecule has 0 atom stereocenters. The summed E-state index contributed by atoms with van der Waals surface area (Å²) in [6, 6.07) is 0. The third-order valence-corrected chi connectivity index (χ3v) is 4.64. The van der Waals surface area contributed by atoms with Gasteiger partial charge in [0.25, 0.3) is 0 Å². The Balaban J connectivity index is 2.16. The van der Waals surface area contributed by atoms with Gasteiger partial charge in [0.2, 0.25) is 5.75 Å². The van der Waals surface area contributed by atoms with Crippen molar-refractivity contribution >= 4 is 11.6 Å². The lowest BCUT2D eigenvalue weighted by molar-refractivity contribution is 0.198. The van der Waals surface area contributed by atoms with Crippen molar-refractivity contribution in [1.29, 1.82) is 0 Å². The van der Waals surface area contributed by atoms with Crippen LogP contribution in [0.1, 0.15) is 39.5 Å². The van der Waals surface area contributed by atoms with Crippen LogP contribution in [0.5, 0.6) is 5.75 Å². The third-order valence-electron chi connectivity index (χ3n) is 4.64. The Morgan fingerprint density at radius 1 is 1.26 bits per heavy atom. The Bertz CT molecular complexity index is 421. The summed E-state index contributed by atoms with van der Waals surface area (Å²) in [4.78, 5) is 10.6. The molecule has 1 aliphatic rings. The average molecular weight is 264 g/mol. The molecule has 1 fully saturated rings. The van der Waals surface area contributed by atoms with E-state index in [4.69, 9.17) is 10.5 Å². The molecule has 2 N–H and O–H groups in total. The Hall–Kier alpha value is -1.52. The minimum absolute atomic E-state index is 0.412. The lowest BCUT2D eigenvalue weighted by Crippen LogP contribution is -2.40. The predicted octanol–water partition coefficient (Wildman–Crippen LogP) is 2.47. The number of anilines is 2. The van der Waals surface area contributed by atoms with Gasteiger partial charge in [-0.1, -0.05) is 26.7 Å². The fraction of sp³-hybridized carbons (Fsp3) is 0.714. The molecule has 0 aliphatic carbocycles. The number of ether oxygens (including phenoxy) is 1. The molecule has 1 aromatic heterocycles. The van der Waals surface area contributed by atoms with Gasteiger partial charge in [-0.05, 0) is 18.3 Å². The molecule has 5 nitrogen and oxygen atoms in total. The maximum atomic E-state index is 5.84. The van der Waals surface area contributed by atoms with E-state index < -0.39 is 0 Å². The number of hydrogen-bond acceptors (Lipinski definition) is 5. The summed E-state index contributed by atoms with van der Waals surface area (Å²) < 4.78 is 5.34. The van der Waals surface area contributed by atoms with Gasteiger partial charge in [0, 0.05) is 13.1 Å². The van der Waals surface area contributed by atoms with Crippen LogP contribution in [0.15, 0.2) is 6.33 Å². The first-order valence-corrected chi connectivity index (χ1v) is 7.05. The molecule has 0 spiro atoms. The van der Waals surface area contributed by atoms with Gasteiger partial charge in [-0.15, -0.1) is 0 Å². The van der Waals surface area contributed by atoms with Crippen LogP contribution < -0.4 is 15.4 Å². The quantitative estimate of drug-likeness (QED) is 0.905. The molecule has 0 saturated carbocycles. The molecule has 0 aromatic carbocycles. The Morgan fingerprint density at radius 2 is 1.89 bits per heavy atom. The molecule has 0 bridgehead atoms. The Labute approximate surface area is 115 Å². The highest BCUT2D eigenvalue weighted by molar-refractivity contribution is 5.62. The van der Waals surface area contributed by atoms with Gasteiger partial charge in [-0.25, -0.2) is 9.97 Å². The van der Waals surface area contributed by atoms with Crippen molar-refractivity contribution in [1.82, 2.24) is 9.97 Å². The van der Waals surface area contributed by atoms with E-state index in [0.29, 0.717) is 17.0 Å². The van der Waals surface area contributed by atoms with Crippen LogP contribution in [0.3, 0.4) is 0 Å². The highest BCUT2D eigenvalue weighted by Gasteiger charge is 2.32. The van der Waals surface area contributed by atoms with Gasteiger partial charge in [0.1, 0.15) is 6.33 Å². The number of hydrogen-bond donors (Lipinski definition) is 1. The first-order chi connectivity index (χ1) is 9.15. The van der Waals surface area contributed by atoms with Gasteiger partial charge < -0.3 is 15.4 Å². The monoisotopic (exact) mass is 264 g/mol. The predicted molar refractivity (Wildman–Crippen MR) is 77.5 cm³/mol. The smallest absolute Gasteiger partial charge is 0.204 e. The molecule has 2 heterocycles. The molecule has 0 amide bonds. The van der Waals surface area contributed by atoms with Gasteiger partial charge in [-0.3, -0.25) is 0 Å².